The van der Waals surface area contributed by atoms with Crippen LogP contribution in [0.4, 0.5) is 0 Å². The molecule has 0 amide bonds. The molecule has 0 saturated carbocycles. The molecule has 0 fully saturated rings. The van der Waals surface area contributed by atoms with E-state index in [9.17, 15) is 0 Å². The smallest absolute Gasteiger partial charge is 0.0541 e. The summed E-state index contributed by atoms with van der Waals surface area (Å²) in [6.07, 6.45) is 0. The third-order valence-corrected chi connectivity index (χ3v) is 13.7. The fourth-order valence-electron chi connectivity index (χ4n) is 11.1. The van der Waals surface area contributed by atoms with E-state index in [1.165, 1.54) is 131 Å². The van der Waals surface area contributed by atoms with Gasteiger partial charge in [-0.2, -0.15) is 0 Å². The maximum Gasteiger partial charge on any atom is 0.0541 e. The molecule has 0 aliphatic carbocycles. The summed E-state index contributed by atoms with van der Waals surface area (Å²) in [4.78, 5) is 0. The largest absolute Gasteiger partial charge is 0.309 e. The monoisotopic (exact) mass is 784 g/mol. The summed E-state index contributed by atoms with van der Waals surface area (Å²) in [6.45, 7) is 0. The predicted molar refractivity (Wildman–Crippen MR) is 265 cm³/mol. The van der Waals surface area contributed by atoms with E-state index >= 15 is 0 Å². The molecule has 62 heavy (non-hydrogen) atoms. The zero-order valence-corrected chi connectivity index (χ0v) is 33.7. The Morgan fingerprint density at radius 2 is 0.468 bits per heavy atom. The summed E-state index contributed by atoms with van der Waals surface area (Å²) < 4.78 is 4.89. The average Bonchev–Trinajstić information content (AvgIpc) is 3.85. The minimum atomic E-state index is 1.19. The first kappa shape index (κ1) is 33.6. The van der Waals surface area contributed by atoms with Gasteiger partial charge in [0.25, 0.3) is 0 Å². The van der Waals surface area contributed by atoms with Crippen molar-refractivity contribution < 1.29 is 0 Å². The van der Waals surface area contributed by atoms with Gasteiger partial charge in [-0.05, 0) is 102 Å². The minimum Gasteiger partial charge on any atom is -0.309 e. The van der Waals surface area contributed by atoms with Crippen molar-refractivity contribution in [3.63, 3.8) is 0 Å². The van der Waals surface area contributed by atoms with Crippen molar-refractivity contribution in [1.29, 1.82) is 0 Å². The van der Waals surface area contributed by atoms with Crippen LogP contribution in [0.5, 0.6) is 0 Å². The van der Waals surface area contributed by atoms with E-state index in [0.717, 1.165) is 0 Å². The number of nitrogens with zero attached hydrogens (tertiary/aromatic N) is 2. The number of aromatic nitrogens is 2. The summed E-state index contributed by atoms with van der Waals surface area (Å²) >= 11 is 0. The maximum absolute atomic E-state index is 2.45. The molecule has 0 spiro atoms. The van der Waals surface area contributed by atoms with E-state index in [-0.39, 0.29) is 0 Å². The van der Waals surface area contributed by atoms with Crippen LogP contribution in [0.2, 0.25) is 0 Å². The van der Waals surface area contributed by atoms with E-state index in [2.05, 4.69) is 228 Å². The lowest BCUT2D eigenvalue weighted by atomic mass is 9.85. The molecule has 2 aromatic heterocycles. The van der Waals surface area contributed by atoms with Crippen LogP contribution in [0.15, 0.2) is 218 Å². The van der Waals surface area contributed by atoms with Crippen LogP contribution in [-0.2, 0) is 0 Å². The first-order valence-electron chi connectivity index (χ1n) is 21.5. The highest BCUT2D eigenvalue weighted by Gasteiger charge is 2.21. The molecule has 2 heterocycles. The van der Waals surface area contributed by atoms with Crippen molar-refractivity contribution in [3.8, 4) is 33.6 Å². The molecule has 286 valence electrons. The highest BCUT2D eigenvalue weighted by Crippen LogP contribution is 2.46. The van der Waals surface area contributed by atoms with Crippen LogP contribution in [0.3, 0.4) is 0 Å². The Morgan fingerprint density at radius 1 is 0.194 bits per heavy atom. The van der Waals surface area contributed by atoms with Gasteiger partial charge in [-0.15, -0.1) is 0 Å². The summed E-state index contributed by atoms with van der Waals surface area (Å²) in [5.41, 5.74) is 12.3. The molecule has 0 N–H and O–H groups in total. The second kappa shape index (κ2) is 12.7. The van der Waals surface area contributed by atoms with E-state index < -0.39 is 0 Å². The number of rotatable bonds is 4. The predicted octanol–water partition coefficient (Wildman–Crippen LogP) is 16.4. The van der Waals surface area contributed by atoms with Crippen LogP contribution in [0.1, 0.15) is 0 Å². The fraction of sp³-hybridized carbons (Fsp3) is 0. The van der Waals surface area contributed by atoms with Crippen molar-refractivity contribution in [2.24, 2.45) is 0 Å². The molecule has 12 aromatic carbocycles. The third kappa shape index (κ3) is 4.53. The number of hydrogen-bond acceptors (Lipinski definition) is 0. The Labute approximate surface area is 357 Å². The highest BCUT2D eigenvalue weighted by atomic mass is 15.0. The quantitative estimate of drug-likeness (QED) is 0.157. The number of benzene rings is 12. The normalized spacial score (nSPS) is 12.2. The molecule has 14 aromatic rings. The molecule has 2 heteroatoms. The van der Waals surface area contributed by atoms with Crippen LogP contribution in [0.25, 0.3) is 131 Å². The summed E-state index contributed by atoms with van der Waals surface area (Å²) in [7, 11) is 0. The van der Waals surface area contributed by atoms with Crippen molar-refractivity contribution >= 4 is 97.5 Å². The third-order valence-electron chi connectivity index (χ3n) is 13.7. The first-order chi connectivity index (χ1) is 30.8. The summed E-state index contributed by atoms with van der Waals surface area (Å²) in [5, 5.41) is 17.8. The van der Waals surface area contributed by atoms with E-state index in [4.69, 9.17) is 0 Å². The second-order valence-electron chi connectivity index (χ2n) is 16.7. The van der Waals surface area contributed by atoms with Gasteiger partial charge in [-0.1, -0.05) is 182 Å². The van der Waals surface area contributed by atoms with Crippen LogP contribution in [-0.4, -0.2) is 9.13 Å². The Balaban J connectivity index is 0.979. The Bertz CT molecular complexity index is 3780. The molecule has 0 aliphatic heterocycles. The van der Waals surface area contributed by atoms with Crippen molar-refractivity contribution in [2.45, 2.75) is 0 Å². The summed E-state index contributed by atoms with van der Waals surface area (Å²) in [6, 6.07) is 81.1. The van der Waals surface area contributed by atoms with E-state index in [1.807, 2.05) is 0 Å². The minimum absolute atomic E-state index is 1.19. The lowest BCUT2D eigenvalue weighted by Crippen LogP contribution is -1.97. The molecule has 0 unspecified atom stereocenters. The van der Waals surface area contributed by atoms with E-state index in [1.54, 1.807) is 0 Å². The lowest BCUT2D eigenvalue weighted by Gasteiger charge is -2.19. The van der Waals surface area contributed by atoms with Gasteiger partial charge < -0.3 is 9.13 Å². The van der Waals surface area contributed by atoms with Gasteiger partial charge in [-0.3, -0.25) is 0 Å². The van der Waals surface area contributed by atoms with Crippen molar-refractivity contribution in [2.75, 3.05) is 0 Å². The highest BCUT2D eigenvalue weighted by molar-refractivity contribution is 6.29. The average molecular weight is 785 g/mol. The van der Waals surface area contributed by atoms with Gasteiger partial charge in [0.05, 0.1) is 33.4 Å². The number of hydrogen-bond donors (Lipinski definition) is 0. The Hall–Kier alpha value is -8.20. The molecule has 0 radical (unpaired) electrons. The lowest BCUT2D eigenvalue weighted by molar-refractivity contribution is 1.20. The fourth-order valence-corrected chi connectivity index (χ4v) is 11.1. The Kier molecular flexibility index (Phi) is 6.86. The van der Waals surface area contributed by atoms with Crippen molar-refractivity contribution in [1.82, 2.24) is 9.13 Å². The summed E-state index contributed by atoms with van der Waals surface area (Å²) in [5.74, 6) is 0. The van der Waals surface area contributed by atoms with Crippen molar-refractivity contribution in [3.05, 3.63) is 218 Å². The molecular formula is C60H36N2. The molecule has 0 atom stereocenters. The zero-order chi connectivity index (χ0) is 40.5. The number of para-hydroxylation sites is 4. The van der Waals surface area contributed by atoms with Gasteiger partial charge in [0.1, 0.15) is 0 Å². The standard InChI is InChI=1S/C60H36N2/c1-3-15-45-39(13-1)41(33-35-57(45)61-53-21-9-5-17-47(53)48-18-6-10-22-54(48)61)43-29-25-37-28-32-52-44(30-26-38-27-31-51(43)59(37)60(38)52)42-34-36-58(46-16-4-2-14-40(42)46)62-55-23-11-7-19-49(55)50-20-8-12-24-56(50)62/h1-36H. The van der Waals surface area contributed by atoms with Gasteiger partial charge >= 0.3 is 0 Å². The molecule has 14 rings (SSSR count). The van der Waals surface area contributed by atoms with Crippen LogP contribution in [0, 0.1) is 0 Å². The molecule has 0 saturated heterocycles. The second-order valence-corrected chi connectivity index (χ2v) is 16.7. The first-order valence-corrected chi connectivity index (χ1v) is 21.5. The zero-order valence-electron chi connectivity index (χ0n) is 33.7. The van der Waals surface area contributed by atoms with Crippen LogP contribution < -0.4 is 0 Å². The van der Waals surface area contributed by atoms with Crippen LogP contribution >= 0.6 is 0 Å². The van der Waals surface area contributed by atoms with Gasteiger partial charge in [0.15, 0.2) is 0 Å². The molecule has 0 bridgehead atoms. The van der Waals surface area contributed by atoms with Gasteiger partial charge in [-0.25, -0.2) is 0 Å². The molecular weight excluding hydrogens is 749 g/mol. The number of fused-ring (bicyclic) bond motifs is 8. The maximum atomic E-state index is 2.45. The van der Waals surface area contributed by atoms with Gasteiger partial charge in [0, 0.05) is 32.3 Å². The SMILES string of the molecule is c1ccc2c(-n3c4ccccc4c4ccccc43)ccc(-c3ccc4ccc5c(-c6ccc(-n7c8ccccc8c8ccccc87)c7ccccc67)ccc6ccc3c4c65)c2c1. The molecule has 0 aliphatic rings. The van der Waals surface area contributed by atoms with Gasteiger partial charge in [0.2, 0.25) is 0 Å². The topological polar surface area (TPSA) is 9.86 Å². The van der Waals surface area contributed by atoms with E-state index in [0.29, 0.717) is 0 Å². The molecule has 2 nitrogen and oxygen atoms in total. The Morgan fingerprint density at radius 3 is 0.839 bits per heavy atom.